The van der Waals surface area contributed by atoms with Crippen LogP contribution in [-0.4, -0.2) is 11.9 Å². The van der Waals surface area contributed by atoms with Crippen LogP contribution >= 0.6 is 11.6 Å². The minimum Gasteiger partial charge on any atom is -0.331 e. The molecule has 3 rings (SSSR count). The van der Waals surface area contributed by atoms with E-state index in [0.717, 1.165) is 5.56 Å². The highest BCUT2D eigenvalue weighted by Gasteiger charge is 2.11. The molecular formula is C23H19ClN4O2. The molecule has 0 bridgehead atoms. The highest BCUT2D eigenvalue weighted by molar-refractivity contribution is 6.30. The number of rotatable bonds is 5. The van der Waals surface area contributed by atoms with Gasteiger partial charge in [0, 0.05) is 22.0 Å². The van der Waals surface area contributed by atoms with Gasteiger partial charge in [0.15, 0.2) is 0 Å². The molecule has 0 heterocycles. The third-order valence-electron chi connectivity index (χ3n) is 4.35. The minimum absolute atomic E-state index is 0.221. The fourth-order valence-electron chi connectivity index (χ4n) is 2.81. The van der Waals surface area contributed by atoms with E-state index in [9.17, 15) is 9.59 Å². The Balaban J connectivity index is 1.63. The highest BCUT2D eigenvalue weighted by atomic mass is 35.5. The van der Waals surface area contributed by atoms with Crippen molar-refractivity contribution in [2.75, 3.05) is 10.6 Å². The van der Waals surface area contributed by atoms with Crippen molar-refractivity contribution < 1.29 is 9.59 Å². The van der Waals surface area contributed by atoms with Crippen LogP contribution < -0.4 is 16.0 Å². The molecule has 1 atom stereocenters. The molecule has 0 spiro atoms. The SMILES string of the molecule is CC(NC(=O)Nc1cccc(C(=O)Nc2cccc(C#N)c2)c1)c1ccc(Cl)cc1. The number of nitriles is 1. The van der Waals surface area contributed by atoms with Gasteiger partial charge in [-0.2, -0.15) is 5.26 Å². The molecule has 3 N–H and O–H groups in total. The van der Waals surface area contributed by atoms with Gasteiger partial charge in [0.05, 0.1) is 17.7 Å². The largest absolute Gasteiger partial charge is 0.331 e. The van der Waals surface area contributed by atoms with E-state index in [4.69, 9.17) is 16.9 Å². The van der Waals surface area contributed by atoms with Crippen LogP contribution in [0.4, 0.5) is 16.2 Å². The van der Waals surface area contributed by atoms with Crippen LogP contribution in [0.1, 0.15) is 34.5 Å². The fourth-order valence-corrected chi connectivity index (χ4v) is 2.93. The van der Waals surface area contributed by atoms with Gasteiger partial charge in [-0.3, -0.25) is 4.79 Å². The molecule has 0 saturated heterocycles. The monoisotopic (exact) mass is 418 g/mol. The molecule has 1 unspecified atom stereocenters. The summed E-state index contributed by atoms with van der Waals surface area (Å²) in [5.41, 5.74) is 2.75. The lowest BCUT2D eigenvalue weighted by Crippen LogP contribution is -2.31. The highest BCUT2D eigenvalue weighted by Crippen LogP contribution is 2.17. The van der Waals surface area contributed by atoms with Crippen molar-refractivity contribution >= 4 is 34.9 Å². The third-order valence-corrected chi connectivity index (χ3v) is 4.60. The maximum Gasteiger partial charge on any atom is 0.319 e. The quantitative estimate of drug-likeness (QED) is 0.521. The van der Waals surface area contributed by atoms with Gasteiger partial charge in [0.2, 0.25) is 0 Å². The number of carbonyl (C=O) groups excluding carboxylic acids is 2. The predicted molar refractivity (Wildman–Crippen MR) is 118 cm³/mol. The Morgan fingerprint density at radius 2 is 1.60 bits per heavy atom. The summed E-state index contributed by atoms with van der Waals surface area (Å²) in [5, 5.41) is 17.9. The predicted octanol–water partition coefficient (Wildman–Crippen LogP) is 5.35. The lowest BCUT2D eigenvalue weighted by atomic mass is 10.1. The van der Waals surface area contributed by atoms with Crippen molar-refractivity contribution in [1.82, 2.24) is 5.32 Å². The summed E-state index contributed by atoms with van der Waals surface area (Å²) in [6.45, 7) is 1.86. The molecule has 0 radical (unpaired) electrons. The molecule has 6 nitrogen and oxygen atoms in total. The lowest BCUT2D eigenvalue weighted by molar-refractivity contribution is 0.102. The third kappa shape index (κ3) is 5.60. The first kappa shape index (κ1) is 20.9. The fraction of sp³-hybridized carbons (Fsp3) is 0.0870. The molecule has 0 aliphatic heterocycles. The number of halogens is 1. The first-order valence-electron chi connectivity index (χ1n) is 9.19. The Kier molecular flexibility index (Phi) is 6.68. The van der Waals surface area contributed by atoms with Crippen molar-refractivity contribution in [2.24, 2.45) is 0 Å². The zero-order chi connectivity index (χ0) is 21.5. The molecule has 3 aromatic carbocycles. The Hall–Kier alpha value is -3.82. The number of hydrogen-bond donors (Lipinski definition) is 3. The zero-order valence-corrected chi connectivity index (χ0v) is 16.9. The maximum atomic E-state index is 12.5. The van der Waals surface area contributed by atoms with E-state index in [1.54, 1.807) is 60.7 Å². The number of nitrogens with one attached hydrogen (secondary N) is 3. The molecule has 0 saturated carbocycles. The number of anilines is 2. The Bertz CT molecular complexity index is 1110. The Morgan fingerprint density at radius 1 is 0.933 bits per heavy atom. The first-order valence-corrected chi connectivity index (χ1v) is 9.57. The number of hydrogen-bond acceptors (Lipinski definition) is 3. The van der Waals surface area contributed by atoms with Gasteiger partial charge in [-0.05, 0) is 61.0 Å². The summed E-state index contributed by atoms with van der Waals surface area (Å²) < 4.78 is 0. The average Bonchev–Trinajstić information content (AvgIpc) is 2.74. The molecule has 7 heteroatoms. The molecule has 30 heavy (non-hydrogen) atoms. The number of benzene rings is 3. The number of carbonyl (C=O) groups is 2. The van der Waals surface area contributed by atoms with Gasteiger partial charge < -0.3 is 16.0 Å². The van der Waals surface area contributed by atoms with Gasteiger partial charge in [-0.15, -0.1) is 0 Å². The second kappa shape index (κ2) is 9.59. The Morgan fingerprint density at radius 3 is 2.30 bits per heavy atom. The second-order valence-electron chi connectivity index (χ2n) is 6.60. The summed E-state index contributed by atoms with van der Waals surface area (Å²) in [5.74, 6) is -0.344. The molecule has 0 fully saturated rings. The van der Waals surface area contributed by atoms with Crippen LogP contribution in [0.3, 0.4) is 0 Å². The van der Waals surface area contributed by atoms with Crippen LogP contribution in [0.5, 0.6) is 0 Å². The summed E-state index contributed by atoms with van der Waals surface area (Å²) in [6, 6.07) is 21.9. The van der Waals surface area contributed by atoms with Crippen molar-refractivity contribution in [3.8, 4) is 6.07 Å². The van der Waals surface area contributed by atoms with Gasteiger partial charge >= 0.3 is 6.03 Å². The standard InChI is InChI=1S/C23H19ClN4O2/c1-15(17-8-10-19(24)11-9-17)26-23(30)28-21-7-3-5-18(13-21)22(29)27-20-6-2-4-16(12-20)14-25/h2-13,15H,1H3,(H,27,29)(H2,26,28,30). The Labute approximate surface area is 179 Å². The molecule has 3 amide bonds. The summed E-state index contributed by atoms with van der Waals surface area (Å²) in [6.07, 6.45) is 0. The maximum absolute atomic E-state index is 12.5. The van der Waals surface area contributed by atoms with Crippen LogP contribution in [0.15, 0.2) is 72.8 Å². The van der Waals surface area contributed by atoms with Crippen LogP contribution in [0.2, 0.25) is 5.02 Å². The summed E-state index contributed by atoms with van der Waals surface area (Å²) in [4.78, 5) is 24.8. The van der Waals surface area contributed by atoms with Crippen LogP contribution in [-0.2, 0) is 0 Å². The van der Waals surface area contributed by atoms with E-state index in [1.807, 2.05) is 25.1 Å². The van der Waals surface area contributed by atoms with Gasteiger partial charge in [0.1, 0.15) is 0 Å². The van der Waals surface area contributed by atoms with Crippen molar-refractivity contribution in [3.63, 3.8) is 0 Å². The molecular weight excluding hydrogens is 400 g/mol. The van der Waals surface area contributed by atoms with E-state index in [-0.39, 0.29) is 11.9 Å². The molecule has 0 aromatic heterocycles. The normalized spacial score (nSPS) is 11.1. The zero-order valence-electron chi connectivity index (χ0n) is 16.1. The molecule has 0 aliphatic carbocycles. The van der Waals surface area contributed by atoms with Gasteiger partial charge in [-0.25, -0.2) is 4.79 Å². The van der Waals surface area contributed by atoms with Crippen LogP contribution in [0, 0.1) is 11.3 Å². The molecule has 3 aromatic rings. The van der Waals surface area contributed by atoms with Gasteiger partial charge in [-0.1, -0.05) is 35.9 Å². The lowest BCUT2D eigenvalue weighted by Gasteiger charge is -2.15. The van der Waals surface area contributed by atoms with Crippen LogP contribution in [0.25, 0.3) is 0 Å². The smallest absolute Gasteiger partial charge is 0.319 e. The molecule has 0 aliphatic rings. The van der Waals surface area contributed by atoms with E-state index in [2.05, 4.69) is 16.0 Å². The molecule has 150 valence electrons. The van der Waals surface area contributed by atoms with E-state index in [1.165, 1.54) is 0 Å². The van der Waals surface area contributed by atoms with E-state index < -0.39 is 6.03 Å². The van der Waals surface area contributed by atoms with Crippen molar-refractivity contribution in [2.45, 2.75) is 13.0 Å². The van der Waals surface area contributed by atoms with E-state index >= 15 is 0 Å². The number of urea groups is 1. The van der Waals surface area contributed by atoms with Gasteiger partial charge in [0.25, 0.3) is 5.91 Å². The number of amides is 3. The summed E-state index contributed by atoms with van der Waals surface area (Å²) >= 11 is 5.89. The minimum atomic E-state index is -0.392. The van der Waals surface area contributed by atoms with E-state index in [0.29, 0.717) is 27.5 Å². The first-order chi connectivity index (χ1) is 14.4. The second-order valence-corrected chi connectivity index (χ2v) is 7.04. The van der Waals surface area contributed by atoms with Crippen molar-refractivity contribution in [3.05, 3.63) is 94.5 Å². The number of nitrogens with zero attached hydrogens (tertiary/aromatic N) is 1. The van der Waals surface area contributed by atoms with Crippen molar-refractivity contribution in [1.29, 1.82) is 5.26 Å². The average molecular weight is 419 g/mol. The summed E-state index contributed by atoms with van der Waals surface area (Å²) in [7, 11) is 0. The topological polar surface area (TPSA) is 94.0 Å².